The average molecular weight is 393 g/mol. The molecule has 1 aromatic rings. The summed E-state index contributed by atoms with van der Waals surface area (Å²) in [6.07, 6.45) is 2.07. The minimum atomic E-state index is -3.78. The first-order chi connectivity index (χ1) is 13.0. The van der Waals surface area contributed by atoms with Crippen LogP contribution in [0.1, 0.15) is 24.8 Å². The second-order valence-electron chi connectivity index (χ2n) is 7.08. The third kappa shape index (κ3) is 3.46. The monoisotopic (exact) mass is 393 g/mol. The van der Waals surface area contributed by atoms with Gasteiger partial charge in [0.25, 0.3) is 0 Å². The molecule has 2 saturated heterocycles. The minimum absolute atomic E-state index is 0.0613. The highest BCUT2D eigenvalue weighted by atomic mass is 32.2. The van der Waals surface area contributed by atoms with Crippen molar-refractivity contribution < 1.29 is 22.7 Å². The number of carbonyl (C=O) groups excluding carboxylic acids is 2. The topological polar surface area (TPSA) is 96.0 Å². The number of morpholine rings is 1. The first-order valence-electron chi connectivity index (χ1n) is 9.28. The van der Waals surface area contributed by atoms with E-state index in [2.05, 4.69) is 5.32 Å². The molecule has 0 radical (unpaired) electrons. The van der Waals surface area contributed by atoms with E-state index in [0.717, 1.165) is 5.56 Å². The van der Waals surface area contributed by atoms with Crippen LogP contribution < -0.4 is 5.32 Å². The molecule has 146 valence electrons. The number of hydrogen-bond donors (Lipinski definition) is 1. The van der Waals surface area contributed by atoms with Crippen LogP contribution in [0, 0.1) is 0 Å². The van der Waals surface area contributed by atoms with Gasteiger partial charge in [0.15, 0.2) is 0 Å². The van der Waals surface area contributed by atoms with E-state index in [1.807, 2.05) is 0 Å². The van der Waals surface area contributed by atoms with Crippen molar-refractivity contribution in [2.24, 2.45) is 0 Å². The number of hydrogen-bond acceptors (Lipinski definition) is 5. The predicted molar refractivity (Wildman–Crippen MR) is 97.7 cm³/mol. The normalized spacial score (nSPS) is 23.8. The second-order valence-corrected chi connectivity index (χ2v) is 8.97. The van der Waals surface area contributed by atoms with Gasteiger partial charge in [-0.2, -0.15) is 4.31 Å². The molecule has 1 N–H and O–H groups in total. The van der Waals surface area contributed by atoms with Crippen LogP contribution in [0.2, 0.25) is 0 Å². The van der Waals surface area contributed by atoms with Gasteiger partial charge >= 0.3 is 0 Å². The third-order valence-electron chi connectivity index (χ3n) is 5.39. The molecule has 3 heterocycles. The second kappa shape index (κ2) is 7.21. The van der Waals surface area contributed by atoms with Crippen molar-refractivity contribution in [2.75, 3.05) is 38.2 Å². The minimum Gasteiger partial charge on any atom is -0.378 e. The number of aryl methyl sites for hydroxylation is 1. The zero-order valence-electron chi connectivity index (χ0n) is 15.0. The molecule has 0 bridgehead atoms. The van der Waals surface area contributed by atoms with Crippen molar-refractivity contribution in [1.82, 2.24) is 9.21 Å². The summed E-state index contributed by atoms with van der Waals surface area (Å²) < 4.78 is 33.1. The van der Waals surface area contributed by atoms with Gasteiger partial charge in [0.05, 0.1) is 18.1 Å². The molecule has 1 unspecified atom stereocenters. The summed E-state index contributed by atoms with van der Waals surface area (Å²) in [5, 5.41) is 2.76. The lowest BCUT2D eigenvalue weighted by Crippen LogP contribution is -2.50. The molecule has 1 atom stereocenters. The van der Waals surface area contributed by atoms with Crippen LogP contribution in [0.15, 0.2) is 23.1 Å². The molecule has 0 aromatic heterocycles. The van der Waals surface area contributed by atoms with Crippen LogP contribution in [0.4, 0.5) is 5.69 Å². The number of sulfonamides is 1. The van der Waals surface area contributed by atoms with E-state index >= 15 is 0 Å². The van der Waals surface area contributed by atoms with E-state index in [0.29, 0.717) is 64.2 Å². The van der Waals surface area contributed by atoms with Crippen LogP contribution >= 0.6 is 0 Å². The Bertz CT molecular complexity index is 864. The van der Waals surface area contributed by atoms with Gasteiger partial charge in [-0.3, -0.25) is 9.59 Å². The van der Waals surface area contributed by atoms with Gasteiger partial charge in [-0.15, -0.1) is 0 Å². The maximum atomic E-state index is 13.2. The van der Waals surface area contributed by atoms with Crippen LogP contribution in [0.5, 0.6) is 0 Å². The fraction of sp³-hybridized carbons (Fsp3) is 0.556. The molecule has 4 rings (SSSR count). The first-order valence-corrected chi connectivity index (χ1v) is 10.7. The van der Waals surface area contributed by atoms with Gasteiger partial charge in [-0.1, -0.05) is 0 Å². The predicted octanol–water partition coefficient (Wildman–Crippen LogP) is 0.583. The fourth-order valence-corrected chi connectivity index (χ4v) is 5.63. The van der Waals surface area contributed by atoms with E-state index in [-0.39, 0.29) is 16.7 Å². The molecule has 1 aromatic carbocycles. The van der Waals surface area contributed by atoms with Crippen molar-refractivity contribution in [3.63, 3.8) is 0 Å². The lowest BCUT2D eigenvalue weighted by atomic mass is 10.0. The summed E-state index contributed by atoms with van der Waals surface area (Å²) in [6.45, 7) is 2.32. The van der Waals surface area contributed by atoms with E-state index in [1.54, 1.807) is 17.0 Å². The van der Waals surface area contributed by atoms with Crippen molar-refractivity contribution in [1.29, 1.82) is 0 Å². The number of carbonyl (C=O) groups is 2. The molecule has 2 amide bonds. The van der Waals surface area contributed by atoms with Gasteiger partial charge in [0, 0.05) is 31.7 Å². The Balaban J connectivity index is 1.59. The maximum absolute atomic E-state index is 13.2. The van der Waals surface area contributed by atoms with Crippen molar-refractivity contribution in [3.05, 3.63) is 23.8 Å². The number of nitrogens with zero attached hydrogens (tertiary/aromatic N) is 2. The van der Waals surface area contributed by atoms with Gasteiger partial charge in [0.2, 0.25) is 21.8 Å². The quantitative estimate of drug-likeness (QED) is 0.811. The molecule has 3 aliphatic rings. The smallest absolute Gasteiger partial charge is 0.243 e. The summed E-state index contributed by atoms with van der Waals surface area (Å²) in [5.41, 5.74) is 1.47. The van der Waals surface area contributed by atoms with Crippen LogP contribution in [-0.2, 0) is 30.8 Å². The van der Waals surface area contributed by atoms with Gasteiger partial charge in [-0.05, 0) is 43.0 Å². The van der Waals surface area contributed by atoms with Crippen molar-refractivity contribution in [2.45, 2.75) is 36.6 Å². The molecule has 0 aliphatic carbocycles. The van der Waals surface area contributed by atoms with E-state index in [1.165, 1.54) is 10.4 Å². The zero-order valence-corrected chi connectivity index (χ0v) is 15.8. The Morgan fingerprint density at radius 2 is 1.93 bits per heavy atom. The van der Waals surface area contributed by atoms with Gasteiger partial charge < -0.3 is 15.0 Å². The molecule has 0 saturated carbocycles. The number of fused-ring (bicyclic) bond motifs is 1. The molecule has 0 spiro atoms. The van der Waals surface area contributed by atoms with Crippen LogP contribution in [-0.4, -0.2) is 68.3 Å². The van der Waals surface area contributed by atoms with Gasteiger partial charge in [-0.25, -0.2) is 8.42 Å². The molecule has 2 fully saturated rings. The first kappa shape index (κ1) is 18.4. The molecule has 3 aliphatic heterocycles. The number of rotatable bonds is 3. The number of nitrogens with one attached hydrogen (secondary N) is 1. The lowest BCUT2D eigenvalue weighted by Gasteiger charge is -2.32. The summed E-state index contributed by atoms with van der Waals surface area (Å²) in [6, 6.07) is 4.12. The highest BCUT2D eigenvalue weighted by Gasteiger charge is 2.41. The van der Waals surface area contributed by atoms with Gasteiger partial charge in [0.1, 0.15) is 6.04 Å². The summed E-state index contributed by atoms with van der Waals surface area (Å²) in [4.78, 5) is 26.2. The lowest BCUT2D eigenvalue weighted by molar-refractivity contribution is -0.138. The maximum Gasteiger partial charge on any atom is 0.243 e. The van der Waals surface area contributed by atoms with Crippen LogP contribution in [0.3, 0.4) is 0 Å². The molecular formula is C18H23N3O5S. The Labute approximate surface area is 158 Å². The van der Waals surface area contributed by atoms with E-state index in [4.69, 9.17) is 4.74 Å². The average Bonchev–Trinajstić information content (AvgIpc) is 3.18. The van der Waals surface area contributed by atoms with Crippen molar-refractivity contribution in [3.8, 4) is 0 Å². The largest absolute Gasteiger partial charge is 0.378 e. The van der Waals surface area contributed by atoms with E-state index < -0.39 is 16.1 Å². The highest BCUT2D eigenvalue weighted by molar-refractivity contribution is 7.89. The third-order valence-corrected chi connectivity index (χ3v) is 7.29. The Hall–Kier alpha value is -1.97. The number of amides is 2. The summed E-state index contributed by atoms with van der Waals surface area (Å²) in [7, 11) is -3.78. The number of anilines is 1. The highest BCUT2D eigenvalue weighted by Crippen LogP contribution is 2.31. The Morgan fingerprint density at radius 3 is 2.70 bits per heavy atom. The molecule has 8 nitrogen and oxygen atoms in total. The summed E-state index contributed by atoms with van der Waals surface area (Å²) >= 11 is 0. The SMILES string of the molecule is O=C1CCc2cc(S(=O)(=O)N3CCCC3C(=O)N3CCOCC3)ccc2N1. The number of benzene rings is 1. The molecule has 27 heavy (non-hydrogen) atoms. The standard InChI is InChI=1S/C18H23N3O5S/c22-17-6-3-13-12-14(4-5-15(13)19-17)27(24,25)21-7-1-2-16(21)18(23)20-8-10-26-11-9-20/h4-5,12,16H,1-3,6-11H2,(H,19,22). The van der Waals surface area contributed by atoms with E-state index in [9.17, 15) is 18.0 Å². The zero-order chi connectivity index (χ0) is 19.0. The molecular weight excluding hydrogens is 370 g/mol. The van der Waals surface area contributed by atoms with Crippen molar-refractivity contribution >= 4 is 27.5 Å². The Morgan fingerprint density at radius 1 is 1.15 bits per heavy atom. The molecule has 9 heteroatoms. The Kier molecular flexibility index (Phi) is 4.92. The number of ether oxygens (including phenoxy) is 1. The fourth-order valence-electron chi connectivity index (χ4n) is 3.92. The summed E-state index contributed by atoms with van der Waals surface area (Å²) in [5.74, 6) is -0.196. The van der Waals surface area contributed by atoms with Crippen LogP contribution in [0.25, 0.3) is 0 Å².